The van der Waals surface area contributed by atoms with Crippen LogP contribution in [0.1, 0.15) is 17.0 Å². The normalized spacial score (nSPS) is 10.9. The highest BCUT2D eigenvalue weighted by Gasteiger charge is 2.17. The van der Waals surface area contributed by atoms with Gasteiger partial charge < -0.3 is 10.1 Å². The molecule has 0 radical (unpaired) electrons. The molecular formula is C27H24N6O4S2. The van der Waals surface area contributed by atoms with E-state index in [1.807, 2.05) is 24.3 Å². The van der Waals surface area contributed by atoms with E-state index in [1.165, 1.54) is 24.3 Å². The standard InChI is InChI=1S/C27H24N6O4S2/c1-17-14-18(2)30-27(29-17)33-39(35,36)23-11-7-21(8-12-23)31-25(34)16-38-26-20(15-28)6-13-24(32-26)19-4-9-22(37-3)10-5-19/h4-14H,16H2,1-3H3,(H,31,34)(H,29,30,33). The summed E-state index contributed by atoms with van der Waals surface area (Å²) in [4.78, 5) is 25.4. The number of carbonyl (C=O) groups excluding carboxylic acids is 1. The van der Waals surface area contributed by atoms with Gasteiger partial charge in [0, 0.05) is 22.6 Å². The maximum Gasteiger partial charge on any atom is 0.264 e. The van der Waals surface area contributed by atoms with E-state index in [2.05, 4.69) is 31.1 Å². The molecule has 0 unspecified atom stereocenters. The van der Waals surface area contributed by atoms with Crippen LogP contribution in [0.5, 0.6) is 5.75 Å². The van der Waals surface area contributed by atoms with Crippen LogP contribution in [0, 0.1) is 25.2 Å². The molecule has 12 heteroatoms. The number of amides is 1. The molecule has 0 bridgehead atoms. The minimum Gasteiger partial charge on any atom is -0.497 e. The highest BCUT2D eigenvalue weighted by molar-refractivity contribution is 8.00. The molecule has 0 fully saturated rings. The molecule has 39 heavy (non-hydrogen) atoms. The predicted molar refractivity (Wildman–Crippen MR) is 149 cm³/mol. The third-order valence-electron chi connectivity index (χ3n) is 5.36. The number of nitrogens with zero attached hydrogens (tertiary/aromatic N) is 4. The van der Waals surface area contributed by atoms with E-state index < -0.39 is 10.0 Å². The van der Waals surface area contributed by atoms with Gasteiger partial charge in [-0.2, -0.15) is 5.26 Å². The minimum absolute atomic E-state index is 0.000596. The third kappa shape index (κ3) is 7.10. The minimum atomic E-state index is -3.91. The molecule has 0 aliphatic heterocycles. The topological polar surface area (TPSA) is 147 Å². The molecule has 0 spiro atoms. The number of anilines is 2. The van der Waals surface area contributed by atoms with E-state index in [0.29, 0.717) is 33.4 Å². The van der Waals surface area contributed by atoms with Gasteiger partial charge in [-0.15, -0.1) is 0 Å². The first kappa shape index (κ1) is 27.6. The fourth-order valence-corrected chi connectivity index (χ4v) is 5.27. The van der Waals surface area contributed by atoms with E-state index >= 15 is 0 Å². The molecule has 10 nitrogen and oxygen atoms in total. The van der Waals surface area contributed by atoms with Crippen LogP contribution in [0.15, 0.2) is 76.7 Å². The van der Waals surface area contributed by atoms with Crippen molar-refractivity contribution in [1.29, 1.82) is 5.26 Å². The van der Waals surface area contributed by atoms with E-state index in [9.17, 15) is 18.5 Å². The van der Waals surface area contributed by atoms with Crippen LogP contribution in [-0.4, -0.2) is 42.1 Å². The number of aromatic nitrogens is 3. The fraction of sp³-hybridized carbons (Fsp3) is 0.148. The molecule has 0 saturated heterocycles. The van der Waals surface area contributed by atoms with Crippen molar-refractivity contribution in [2.24, 2.45) is 0 Å². The van der Waals surface area contributed by atoms with Crippen molar-refractivity contribution in [2.75, 3.05) is 22.9 Å². The van der Waals surface area contributed by atoms with E-state index in [0.717, 1.165) is 23.1 Å². The third-order valence-corrected chi connectivity index (χ3v) is 7.70. The molecule has 2 aromatic carbocycles. The summed E-state index contributed by atoms with van der Waals surface area (Å²) in [6.07, 6.45) is 0. The Morgan fingerprint density at radius 3 is 2.26 bits per heavy atom. The molecule has 4 rings (SSSR count). The fourth-order valence-electron chi connectivity index (χ4n) is 3.56. The van der Waals surface area contributed by atoms with Gasteiger partial charge in [0.15, 0.2) is 0 Å². The second-order valence-corrected chi connectivity index (χ2v) is 11.0. The Labute approximate surface area is 230 Å². The van der Waals surface area contributed by atoms with Crippen molar-refractivity contribution in [3.05, 3.63) is 83.7 Å². The van der Waals surface area contributed by atoms with Gasteiger partial charge in [-0.1, -0.05) is 11.8 Å². The van der Waals surface area contributed by atoms with Crippen molar-refractivity contribution < 1.29 is 17.9 Å². The number of methoxy groups -OCH3 is 1. The van der Waals surface area contributed by atoms with Crippen molar-refractivity contribution >= 4 is 39.3 Å². The van der Waals surface area contributed by atoms with Gasteiger partial charge in [-0.25, -0.2) is 28.1 Å². The van der Waals surface area contributed by atoms with Crippen LogP contribution < -0.4 is 14.8 Å². The van der Waals surface area contributed by atoms with Gasteiger partial charge in [-0.05, 0) is 80.6 Å². The summed E-state index contributed by atoms with van der Waals surface area (Å²) in [6.45, 7) is 3.49. The van der Waals surface area contributed by atoms with Crippen molar-refractivity contribution in [3.63, 3.8) is 0 Å². The number of nitriles is 1. The SMILES string of the molecule is COc1ccc(-c2ccc(C#N)c(SCC(=O)Nc3ccc(S(=O)(=O)Nc4nc(C)cc(C)n4)cc3)n2)cc1. The van der Waals surface area contributed by atoms with Crippen LogP contribution in [0.25, 0.3) is 11.3 Å². The van der Waals surface area contributed by atoms with Crippen LogP contribution in [0.2, 0.25) is 0 Å². The lowest BCUT2D eigenvalue weighted by atomic mass is 10.1. The number of nitrogens with one attached hydrogen (secondary N) is 2. The maximum atomic E-state index is 12.7. The Hall–Kier alpha value is -4.47. The number of carbonyl (C=O) groups is 1. The van der Waals surface area contributed by atoms with Gasteiger partial charge in [-0.3, -0.25) is 4.79 Å². The molecular weight excluding hydrogens is 536 g/mol. The lowest BCUT2D eigenvalue weighted by Gasteiger charge is -2.10. The lowest BCUT2D eigenvalue weighted by Crippen LogP contribution is -2.16. The number of hydrogen-bond acceptors (Lipinski definition) is 9. The molecule has 0 aliphatic carbocycles. The monoisotopic (exact) mass is 560 g/mol. The Morgan fingerprint density at radius 1 is 0.974 bits per heavy atom. The Balaban J connectivity index is 1.40. The summed E-state index contributed by atoms with van der Waals surface area (Å²) in [5.41, 5.74) is 3.57. The molecule has 0 aliphatic rings. The van der Waals surface area contributed by atoms with Crippen molar-refractivity contribution in [3.8, 4) is 23.1 Å². The number of thioether (sulfide) groups is 1. The van der Waals surface area contributed by atoms with Crippen LogP contribution in [0.3, 0.4) is 0 Å². The Kier molecular flexibility index (Phi) is 8.43. The molecule has 0 atom stereocenters. The zero-order chi connectivity index (χ0) is 28.0. The number of aryl methyl sites for hydroxylation is 2. The van der Waals surface area contributed by atoms with Gasteiger partial charge in [0.05, 0.1) is 29.0 Å². The average molecular weight is 561 g/mol. The number of ether oxygens (including phenoxy) is 1. The predicted octanol–water partition coefficient (Wildman–Crippen LogP) is 4.57. The molecule has 2 aromatic heterocycles. The van der Waals surface area contributed by atoms with Crippen LogP contribution in [-0.2, 0) is 14.8 Å². The maximum absolute atomic E-state index is 12.7. The second-order valence-electron chi connectivity index (χ2n) is 8.33. The van der Waals surface area contributed by atoms with Crippen molar-refractivity contribution in [2.45, 2.75) is 23.8 Å². The first-order chi connectivity index (χ1) is 18.7. The summed E-state index contributed by atoms with van der Waals surface area (Å²) >= 11 is 1.14. The van der Waals surface area contributed by atoms with Gasteiger partial charge in [0.2, 0.25) is 11.9 Å². The molecule has 0 saturated carbocycles. The number of sulfonamides is 1. The number of hydrogen-bond donors (Lipinski definition) is 2. The zero-order valence-corrected chi connectivity index (χ0v) is 22.9. The molecule has 2 N–H and O–H groups in total. The quantitative estimate of drug-likeness (QED) is 0.281. The van der Waals surface area contributed by atoms with Crippen molar-refractivity contribution in [1.82, 2.24) is 15.0 Å². The summed E-state index contributed by atoms with van der Waals surface area (Å²) in [6, 6.07) is 20.4. The summed E-state index contributed by atoms with van der Waals surface area (Å²) in [5, 5.41) is 12.6. The number of pyridine rings is 1. The first-order valence-electron chi connectivity index (χ1n) is 11.6. The van der Waals surface area contributed by atoms with Gasteiger partial charge in [0.25, 0.3) is 10.0 Å². The smallest absolute Gasteiger partial charge is 0.264 e. The van der Waals surface area contributed by atoms with E-state index in [1.54, 1.807) is 39.2 Å². The average Bonchev–Trinajstić information content (AvgIpc) is 2.91. The summed E-state index contributed by atoms with van der Waals surface area (Å²) < 4.78 is 33.0. The van der Waals surface area contributed by atoms with E-state index in [4.69, 9.17) is 4.74 Å². The highest BCUT2D eigenvalue weighted by Crippen LogP contribution is 2.27. The lowest BCUT2D eigenvalue weighted by molar-refractivity contribution is -0.113. The molecule has 4 aromatic rings. The Bertz CT molecular complexity index is 1630. The van der Waals surface area contributed by atoms with E-state index in [-0.39, 0.29) is 22.5 Å². The largest absolute Gasteiger partial charge is 0.497 e. The first-order valence-corrected chi connectivity index (χ1v) is 14.1. The van der Waals surface area contributed by atoms with Gasteiger partial charge in [0.1, 0.15) is 16.8 Å². The van der Waals surface area contributed by atoms with Gasteiger partial charge >= 0.3 is 0 Å². The number of rotatable bonds is 9. The molecule has 198 valence electrons. The molecule has 1 amide bonds. The zero-order valence-electron chi connectivity index (χ0n) is 21.3. The number of benzene rings is 2. The van der Waals surface area contributed by atoms with Crippen LogP contribution >= 0.6 is 11.8 Å². The highest BCUT2D eigenvalue weighted by atomic mass is 32.2. The second kappa shape index (κ2) is 11.9. The Morgan fingerprint density at radius 2 is 1.64 bits per heavy atom. The molecule has 2 heterocycles. The summed E-state index contributed by atoms with van der Waals surface area (Å²) in [5.74, 6) is 0.372. The summed E-state index contributed by atoms with van der Waals surface area (Å²) in [7, 11) is -2.33. The van der Waals surface area contributed by atoms with Crippen LogP contribution in [0.4, 0.5) is 11.6 Å².